The summed E-state index contributed by atoms with van der Waals surface area (Å²) in [5.74, 6) is 0. The Kier molecular flexibility index (Phi) is 3.20. The first-order chi connectivity index (χ1) is 8.02. The summed E-state index contributed by atoms with van der Waals surface area (Å²) >= 11 is 0. The molecule has 3 heteroatoms. The third-order valence-corrected chi connectivity index (χ3v) is 4.41. The Labute approximate surface area is 115 Å². The molecule has 0 aromatic carbocycles. The molecular formula is C15H21ClN2. The third-order valence-electron chi connectivity index (χ3n) is 4.41. The van der Waals surface area contributed by atoms with E-state index in [1.54, 1.807) is 0 Å². The fourth-order valence-corrected chi connectivity index (χ4v) is 3.12. The van der Waals surface area contributed by atoms with Crippen molar-refractivity contribution in [2.45, 2.75) is 39.7 Å². The molecule has 1 aliphatic rings. The lowest BCUT2D eigenvalue weighted by atomic mass is 9.72. The van der Waals surface area contributed by atoms with Gasteiger partial charge in [-0.05, 0) is 48.4 Å². The second kappa shape index (κ2) is 4.29. The maximum atomic E-state index is 6.48. The van der Waals surface area contributed by atoms with Crippen molar-refractivity contribution < 1.29 is 0 Å². The van der Waals surface area contributed by atoms with Crippen LogP contribution in [-0.2, 0) is 6.42 Å². The average Bonchev–Trinajstić information content (AvgIpc) is 2.59. The Balaban J connectivity index is 0.00000120. The number of hydrogen-bond acceptors (Lipinski definition) is 1. The van der Waals surface area contributed by atoms with E-state index in [-0.39, 0.29) is 23.9 Å². The molecule has 2 aromatic rings. The van der Waals surface area contributed by atoms with Gasteiger partial charge < -0.3 is 10.1 Å². The topological polar surface area (TPSA) is 30.4 Å². The van der Waals surface area contributed by atoms with E-state index in [1.165, 1.54) is 28.8 Å². The first-order valence-corrected chi connectivity index (χ1v) is 6.36. The van der Waals surface area contributed by atoms with E-state index in [1.807, 2.05) is 0 Å². The number of aromatic nitrogens is 1. The van der Waals surface area contributed by atoms with Crippen molar-refractivity contribution in [2.24, 2.45) is 11.1 Å². The maximum Gasteiger partial charge on any atom is 0.0485 e. The summed E-state index contributed by atoms with van der Waals surface area (Å²) < 4.78 is 2.32. The predicted octanol–water partition coefficient (Wildman–Crippen LogP) is 3.64. The molecule has 2 nitrogen and oxygen atoms in total. The zero-order valence-corrected chi connectivity index (χ0v) is 12.1. The van der Waals surface area contributed by atoms with Crippen LogP contribution in [0, 0.1) is 12.3 Å². The van der Waals surface area contributed by atoms with Crippen molar-refractivity contribution in [1.82, 2.24) is 4.40 Å². The summed E-state index contributed by atoms with van der Waals surface area (Å²) in [5, 5.41) is 0. The van der Waals surface area contributed by atoms with Gasteiger partial charge in [-0.3, -0.25) is 0 Å². The molecule has 2 aromatic heterocycles. The molecule has 0 amide bonds. The van der Waals surface area contributed by atoms with Gasteiger partial charge >= 0.3 is 0 Å². The lowest BCUT2D eigenvalue weighted by molar-refractivity contribution is 0.247. The van der Waals surface area contributed by atoms with Crippen molar-refractivity contribution in [1.29, 1.82) is 0 Å². The molecule has 98 valence electrons. The first-order valence-electron chi connectivity index (χ1n) is 6.36. The molecule has 3 rings (SSSR count). The van der Waals surface area contributed by atoms with Gasteiger partial charge in [-0.15, -0.1) is 12.4 Å². The molecule has 0 aliphatic heterocycles. The number of fused-ring (bicyclic) bond motifs is 3. The highest BCUT2D eigenvalue weighted by Crippen LogP contribution is 2.44. The minimum atomic E-state index is 0. The molecule has 1 unspecified atom stereocenters. The SMILES string of the molecule is Cc1c2c(n3ccccc13)CCC(C)(C)C2N.Cl. The van der Waals surface area contributed by atoms with E-state index in [0.717, 1.165) is 6.42 Å². The van der Waals surface area contributed by atoms with Gasteiger partial charge in [0.05, 0.1) is 0 Å². The number of rotatable bonds is 0. The summed E-state index contributed by atoms with van der Waals surface area (Å²) in [4.78, 5) is 0. The summed E-state index contributed by atoms with van der Waals surface area (Å²) in [5.41, 5.74) is 12.2. The van der Waals surface area contributed by atoms with Crippen LogP contribution in [0.15, 0.2) is 24.4 Å². The highest BCUT2D eigenvalue weighted by atomic mass is 35.5. The summed E-state index contributed by atoms with van der Waals surface area (Å²) in [6.07, 6.45) is 4.46. The number of aryl methyl sites for hydroxylation is 2. The number of nitrogens with two attached hydrogens (primary N) is 1. The maximum absolute atomic E-state index is 6.48. The fraction of sp³-hybridized carbons (Fsp3) is 0.467. The molecule has 0 bridgehead atoms. The van der Waals surface area contributed by atoms with Gasteiger partial charge in [0.2, 0.25) is 0 Å². The second-order valence-corrected chi connectivity index (χ2v) is 5.91. The fourth-order valence-electron chi connectivity index (χ4n) is 3.12. The van der Waals surface area contributed by atoms with Crippen molar-refractivity contribution in [2.75, 3.05) is 0 Å². The highest BCUT2D eigenvalue weighted by Gasteiger charge is 2.36. The van der Waals surface area contributed by atoms with Gasteiger partial charge in [-0.2, -0.15) is 0 Å². The van der Waals surface area contributed by atoms with Crippen LogP contribution in [0.4, 0.5) is 0 Å². The quantitative estimate of drug-likeness (QED) is 0.774. The van der Waals surface area contributed by atoms with Crippen molar-refractivity contribution in [3.63, 3.8) is 0 Å². The Hall–Kier alpha value is -0.990. The Morgan fingerprint density at radius 2 is 2.06 bits per heavy atom. The normalized spacial score (nSPS) is 21.4. The van der Waals surface area contributed by atoms with Crippen LogP contribution in [-0.4, -0.2) is 4.40 Å². The van der Waals surface area contributed by atoms with E-state index >= 15 is 0 Å². The van der Waals surface area contributed by atoms with Crippen LogP contribution in [0.1, 0.15) is 43.1 Å². The Morgan fingerprint density at radius 1 is 1.33 bits per heavy atom. The van der Waals surface area contributed by atoms with Crippen LogP contribution in [0.5, 0.6) is 0 Å². The molecule has 1 atom stereocenters. The van der Waals surface area contributed by atoms with Crippen LogP contribution in [0.2, 0.25) is 0 Å². The van der Waals surface area contributed by atoms with Gasteiger partial charge in [0.15, 0.2) is 0 Å². The molecular weight excluding hydrogens is 244 g/mol. The third kappa shape index (κ3) is 1.67. The molecule has 0 saturated carbocycles. The summed E-state index contributed by atoms with van der Waals surface area (Å²) in [6, 6.07) is 6.54. The van der Waals surface area contributed by atoms with Crippen molar-refractivity contribution in [3.05, 3.63) is 41.2 Å². The summed E-state index contributed by atoms with van der Waals surface area (Å²) in [6.45, 7) is 6.76. The van der Waals surface area contributed by atoms with Gasteiger partial charge in [0, 0.05) is 23.4 Å². The largest absolute Gasteiger partial charge is 0.323 e. The zero-order valence-electron chi connectivity index (χ0n) is 11.2. The average molecular weight is 265 g/mol. The van der Waals surface area contributed by atoms with E-state index < -0.39 is 0 Å². The van der Waals surface area contributed by atoms with E-state index in [2.05, 4.69) is 49.6 Å². The van der Waals surface area contributed by atoms with Crippen LogP contribution < -0.4 is 5.73 Å². The molecule has 2 heterocycles. The predicted molar refractivity (Wildman–Crippen MR) is 78.4 cm³/mol. The minimum Gasteiger partial charge on any atom is -0.323 e. The Bertz CT molecular complexity index is 583. The zero-order chi connectivity index (χ0) is 12.2. The molecule has 0 fully saturated rings. The van der Waals surface area contributed by atoms with E-state index in [0.29, 0.717) is 0 Å². The molecule has 0 spiro atoms. The summed E-state index contributed by atoms with van der Waals surface area (Å²) in [7, 11) is 0. The lowest BCUT2D eigenvalue weighted by Gasteiger charge is -2.36. The Morgan fingerprint density at radius 3 is 2.78 bits per heavy atom. The highest BCUT2D eigenvalue weighted by molar-refractivity contribution is 5.85. The standard InChI is InChI=1S/C15H20N2.ClH/c1-10-11-6-4-5-9-17(11)12-7-8-15(2,3)14(16)13(10)12;/h4-6,9,14H,7-8,16H2,1-3H3;1H. The monoisotopic (exact) mass is 264 g/mol. The first kappa shape index (κ1) is 13.4. The van der Waals surface area contributed by atoms with Gasteiger partial charge in [0.1, 0.15) is 0 Å². The van der Waals surface area contributed by atoms with Crippen molar-refractivity contribution in [3.8, 4) is 0 Å². The molecule has 2 N–H and O–H groups in total. The second-order valence-electron chi connectivity index (χ2n) is 5.91. The molecule has 1 aliphatic carbocycles. The van der Waals surface area contributed by atoms with E-state index in [4.69, 9.17) is 5.73 Å². The van der Waals surface area contributed by atoms with Crippen LogP contribution in [0.25, 0.3) is 5.52 Å². The van der Waals surface area contributed by atoms with Gasteiger partial charge in [0.25, 0.3) is 0 Å². The van der Waals surface area contributed by atoms with Gasteiger partial charge in [-0.25, -0.2) is 0 Å². The number of hydrogen-bond donors (Lipinski definition) is 1. The number of nitrogens with zero attached hydrogens (tertiary/aromatic N) is 1. The molecule has 18 heavy (non-hydrogen) atoms. The lowest BCUT2D eigenvalue weighted by Crippen LogP contribution is -2.34. The smallest absolute Gasteiger partial charge is 0.0485 e. The minimum absolute atomic E-state index is 0. The van der Waals surface area contributed by atoms with Crippen LogP contribution in [0.3, 0.4) is 0 Å². The number of halogens is 1. The molecule has 0 radical (unpaired) electrons. The van der Waals surface area contributed by atoms with Crippen LogP contribution >= 0.6 is 12.4 Å². The number of pyridine rings is 1. The van der Waals surface area contributed by atoms with Crippen molar-refractivity contribution >= 4 is 17.9 Å². The molecule has 0 saturated heterocycles. The van der Waals surface area contributed by atoms with Gasteiger partial charge in [-0.1, -0.05) is 19.9 Å². The van der Waals surface area contributed by atoms with E-state index in [9.17, 15) is 0 Å².